The smallest absolute Gasteiger partial charge is 0.126 e. The van der Waals surface area contributed by atoms with E-state index in [1.807, 2.05) is 19.1 Å². The predicted octanol–water partition coefficient (Wildman–Crippen LogP) is 3.35. The Kier molecular flexibility index (Phi) is 3.87. The molecule has 0 spiro atoms. The third-order valence-electron chi connectivity index (χ3n) is 3.74. The van der Waals surface area contributed by atoms with Crippen molar-refractivity contribution in [1.82, 2.24) is 4.98 Å². The molecular formula is C14H23N3. The zero-order chi connectivity index (χ0) is 12.3. The highest BCUT2D eigenvalue weighted by atomic mass is 15.0. The maximum Gasteiger partial charge on any atom is 0.126 e. The lowest BCUT2D eigenvalue weighted by Gasteiger charge is -2.17. The second-order valence-corrected chi connectivity index (χ2v) is 5.33. The van der Waals surface area contributed by atoms with E-state index in [4.69, 9.17) is 5.73 Å². The van der Waals surface area contributed by atoms with Gasteiger partial charge in [0.05, 0.1) is 11.4 Å². The SMILES string of the molecule is Cc1nc(NC2CCCC(C)CC2)ccc1N. The van der Waals surface area contributed by atoms with Crippen LogP contribution < -0.4 is 11.1 Å². The Hall–Kier alpha value is -1.25. The second kappa shape index (κ2) is 5.39. The van der Waals surface area contributed by atoms with Gasteiger partial charge in [0.2, 0.25) is 0 Å². The normalized spacial score (nSPS) is 25.3. The van der Waals surface area contributed by atoms with Gasteiger partial charge in [0, 0.05) is 6.04 Å². The van der Waals surface area contributed by atoms with Crippen LogP contribution in [0.3, 0.4) is 0 Å². The van der Waals surface area contributed by atoms with Crippen LogP contribution in [0.25, 0.3) is 0 Å². The quantitative estimate of drug-likeness (QED) is 0.770. The van der Waals surface area contributed by atoms with Crippen LogP contribution in [0.5, 0.6) is 0 Å². The monoisotopic (exact) mass is 233 g/mol. The van der Waals surface area contributed by atoms with Crippen LogP contribution in [-0.2, 0) is 0 Å². The molecule has 17 heavy (non-hydrogen) atoms. The molecule has 3 N–H and O–H groups in total. The van der Waals surface area contributed by atoms with Gasteiger partial charge >= 0.3 is 0 Å². The summed E-state index contributed by atoms with van der Waals surface area (Å²) in [6.45, 7) is 4.31. The van der Waals surface area contributed by atoms with Crippen LogP contribution in [0.1, 0.15) is 44.7 Å². The Bertz CT molecular complexity index is 376. The zero-order valence-electron chi connectivity index (χ0n) is 10.9. The van der Waals surface area contributed by atoms with Gasteiger partial charge in [0.1, 0.15) is 5.82 Å². The highest BCUT2D eigenvalue weighted by Gasteiger charge is 2.16. The third kappa shape index (κ3) is 3.35. The van der Waals surface area contributed by atoms with Crippen molar-refractivity contribution in [3.63, 3.8) is 0 Å². The molecule has 2 atom stereocenters. The average molecular weight is 233 g/mol. The molecule has 1 heterocycles. The number of nitrogens with two attached hydrogens (primary N) is 1. The van der Waals surface area contributed by atoms with Gasteiger partial charge in [0.15, 0.2) is 0 Å². The number of nitrogen functional groups attached to an aromatic ring is 1. The lowest BCUT2D eigenvalue weighted by Crippen LogP contribution is -2.19. The number of hydrogen-bond donors (Lipinski definition) is 2. The molecule has 0 aliphatic heterocycles. The van der Waals surface area contributed by atoms with E-state index in [9.17, 15) is 0 Å². The summed E-state index contributed by atoms with van der Waals surface area (Å²) in [4.78, 5) is 4.48. The number of anilines is 2. The number of nitrogens with zero attached hydrogens (tertiary/aromatic N) is 1. The predicted molar refractivity (Wildman–Crippen MR) is 73.0 cm³/mol. The molecule has 2 rings (SSSR count). The Morgan fingerprint density at radius 3 is 2.82 bits per heavy atom. The molecule has 1 aliphatic rings. The molecule has 0 amide bonds. The van der Waals surface area contributed by atoms with E-state index in [0.717, 1.165) is 23.1 Å². The molecule has 0 radical (unpaired) electrons. The van der Waals surface area contributed by atoms with E-state index >= 15 is 0 Å². The van der Waals surface area contributed by atoms with E-state index < -0.39 is 0 Å². The highest BCUT2D eigenvalue weighted by Crippen LogP contribution is 2.25. The minimum absolute atomic E-state index is 0.579. The second-order valence-electron chi connectivity index (χ2n) is 5.33. The first-order valence-corrected chi connectivity index (χ1v) is 6.65. The van der Waals surface area contributed by atoms with Gasteiger partial charge in [-0.1, -0.05) is 19.8 Å². The molecule has 94 valence electrons. The first-order chi connectivity index (χ1) is 8.15. The maximum absolute atomic E-state index is 5.77. The Morgan fingerprint density at radius 2 is 2.06 bits per heavy atom. The highest BCUT2D eigenvalue weighted by molar-refractivity contribution is 5.49. The van der Waals surface area contributed by atoms with Crippen LogP contribution in [-0.4, -0.2) is 11.0 Å². The number of aryl methyl sites for hydroxylation is 1. The maximum atomic E-state index is 5.77. The Morgan fingerprint density at radius 1 is 1.24 bits per heavy atom. The minimum Gasteiger partial charge on any atom is -0.397 e. The van der Waals surface area contributed by atoms with Gasteiger partial charge in [-0.2, -0.15) is 0 Å². The van der Waals surface area contributed by atoms with Crippen molar-refractivity contribution >= 4 is 11.5 Å². The van der Waals surface area contributed by atoms with Crippen LogP contribution in [0.2, 0.25) is 0 Å². The summed E-state index contributed by atoms with van der Waals surface area (Å²) in [5, 5.41) is 3.54. The fourth-order valence-electron chi connectivity index (χ4n) is 2.49. The van der Waals surface area contributed by atoms with E-state index in [-0.39, 0.29) is 0 Å². The van der Waals surface area contributed by atoms with E-state index in [2.05, 4.69) is 17.2 Å². The number of rotatable bonds is 2. The molecule has 1 aromatic heterocycles. The summed E-state index contributed by atoms with van der Waals surface area (Å²) in [6.07, 6.45) is 6.53. The van der Waals surface area contributed by atoms with E-state index in [0.29, 0.717) is 6.04 Å². The van der Waals surface area contributed by atoms with Gasteiger partial charge in [-0.15, -0.1) is 0 Å². The molecular weight excluding hydrogens is 210 g/mol. The largest absolute Gasteiger partial charge is 0.397 e. The van der Waals surface area contributed by atoms with Crippen molar-refractivity contribution < 1.29 is 0 Å². The summed E-state index contributed by atoms with van der Waals surface area (Å²) >= 11 is 0. The topological polar surface area (TPSA) is 50.9 Å². The van der Waals surface area contributed by atoms with Gasteiger partial charge in [-0.3, -0.25) is 0 Å². The van der Waals surface area contributed by atoms with Crippen molar-refractivity contribution in [2.45, 2.75) is 52.0 Å². The zero-order valence-corrected chi connectivity index (χ0v) is 10.9. The van der Waals surface area contributed by atoms with Gasteiger partial charge in [0.25, 0.3) is 0 Å². The summed E-state index contributed by atoms with van der Waals surface area (Å²) in [6, 6.07) is 4.50. The van der Waals surface area contributed by atoms with Crippen molar-refractivity contribution in [2.24, 2.45) is 5.92 Å². The first-order valence-electron chi connectivity index (χ1n) is 6.65. The fraction of sp³-hybridized carbons (Fsp3) is 0.643. The number of hydrogen-bond acceptors (Lipinski definition) is 3. The summed E-state index contributed by atoms with van der Waals surface area (Å²) in [7, 11) is 0. The van der Waals surface area contributed by atoms with E-state index in [1.165, 1.54) is 32.1 Å². The first kappa shape index (κ1) is 12.2. The van der Waals surface area contributed by atoms with Crippen LogP contribution in [0.4, 0.5) is 11.5 Å². The van der Waals surface area contributed by atoms with Crippen molar-refractivity contribution in [3.05, 3.63) is 17.8 Å². The molecule has 1 aromatic rings. The number of pyridine rings is 1. The van der Waals surface area contributed by atoms with Crippen molar-refractivity contribution in [2.75, 3.05) is 11.1 Å². The van der Waals surface area contributed by atoms with E-state index in [1.54, 1.807) is 0 Å². The molecule has 0 aromatic carbocycles. The Balaban J connectivity index is 1.97. The summed E-state index contributed by atoms with van der Waals surface area (Å²) in [5.41, 5.74) is 7.46. The molecule has 1 fully saturated rings. The molecule has 1 aliphatic carbocycles. The molecule has 0 saturated heterocycles. The van der Waals surface area contributed by atoms with Gasteiger partial charge < -0.3 is 11.1 Å². The van der Waals surface area contributed by atoms with Crippen LogP contribution in [0.15, 0.2) is 12.1 Å². The average Bonchev–Trinajstić information content (AvgIpc) is 2.49. The molecule has 3 nitrogen and oxygen atoms in total. The molecule has 1 saturated carbocycles. The minimum atomic E-state index is 0.579. The lowest BCUT2D eigenvalue weighted by atomic mass is 10.0. The van der Waals surface area contributed by atoms with Gasteiger partial charge in [-0.05, 0) is 44.2 Å². The Labute approximate surface area is 104 Å². The molecule has 3 heteroatoms. The summed E-state index contributed by atoms with van der Waals surface area (Å²) < 4.78 is 0. The fourth-order valence-corrected chi connectivity index (χ4v) is 2.49. The summed E-state index contributed by atoms with van der Waals surface area (Å²) in [5.74, 6) is 1.85. The van der Waals surface area contributed by atoms with Crippen molar-refractivity contribution in [3.8, 4) is 0 Å². The van der Waals surface area contributed by atoms with Crippen molar-refractivity contribution in [1.29, 1.82) is 0 Å². The molecule has 0 bridgehead atoms. The lowest BCUT2D eigenvalue weighted by molar-refractivity contribution is 0.502. The third-order valence-corrected chi connectivity index (χ3v) is 3.74. The van der Waals surface area contributed by atoms with Crippen LogP contribution >= 0.6 is 0 Å². The van der Waals surface area contributed by atoms with Gasteiger partial charge in [-0.25, -0.2) is 4.98 Å². The standard InChI is InChI=1S/C14H23N3/c1-10-4-3-5-12(7-6-10)17-14-9-8-13(15)11(2)16-14/h8-10,12H,3-7,15H2,1-2H3,(H,16,17). The van der Waals surface area contributed by atoms with Crippen LogP contribution in [0, 0.1) is 12.8 Å². The molecule has 2 unspecified atom stereocenters. The number of nitrogens with one attached hydrogen (secondary N) is 1. The number of aromatic nitrogens is 1.